The summed E-state index contributed by atoms with van der Waals surface area (Å²) in [5.41, 5.74) is 0. The first-order valence-electron chi connectivity index (χ1n) is 5.21. The van der Waals surface area contributed by atoms with Crippen molar-refractivity contribution in [3.8, 4) is 0 Å². The lowest BCUT2D eigenvalue weighted by Crippen LogP contribution is -2.52. The molecule has 0 aromatic rings. The zero-order valence-corrected chi connectivity index (χ0v) is 8.45. The third-order valence-electron chi connectivity index (χ3n) is 3.06. The summed E-state index contributed by atoms with van der Waals surface area (Å²) in [5.74, 6) is 1.35. The van der Waals surface area contributed by atoms with Crippen LogP contribution in [0.3, 0.4) is 0 Å². The Morgan fingerprint density at radius 3 is 2.86 bits per heavy atom. The molecule has 2 aliphatic rings. The number of rotatable bonds is 3. The summed E-state index contributed by atoms with van der Waals surface area (Å²) in [4.78, 5) is 24.2. The fourth-order valence-corrected chi connectivity index (χ4v) is 1.93. The van der Waals surface area contributed by atoms with Gasteiger partial charge in [-0.2, -0.15) is 0 Å². The summed E-state index contributed by atoms with van der Waals surface area (Å²) in [5, 5.41) is 2.55. The average molecular weight is 196 g/mol. The van der Waals surface area contributed by atoms with Crippen LogP contribution < -0.4 is 5.32 Å². The second-order valence-corrected chi connectivity index (χ2v) is 4.37. The Morgan fingerprint density at radius 2 is 2.21 bits per heavy atom. The number of carbonyl (C=O) groups excluding carboxylic acids is 2. The van der Waals surface area contributed by atoms with E-state index in [-0.39, 0.29) is 24.9 Å². The summed E-state index contributed by atoms with van der Waals surface area (Å²) in [6.45, 7) is 3.33. The van der Waals surface area contributed by atoms with E-state index in [1.807, 2.05) is 0 Å². The molecule has 4 nitrogen and oxygen atoms in total. The molecule has 2 fully saturated rings. The molecule has 0 aromatic carbocycles. The lowest BCUT2D eigenvalue weighted by molar-refractivity contribution is -0.141. The molecule has 2 amide bonds. The Balaban J connectivity index is 1.87. The van der Waals surface area contributed by atoms with Crippen LogP contribution in [0.5, 0.6) is 0 Å². The van der Waals surface area contributed by atoms with Crippen molar-refractivity contribution in [2.75, 3.05) is 19.6 Å². The molecule has 0 radical (unpaired) electrons. The van der Waals surface area contributed by atoms with Gasteiger partial charge in [-0.1, -0.05) is 6.92 Å². The molecule has 0 spiro atoms. The molecule has 78 valence electrons. The summed E-state index contributed by atoms with van der Waals surface area (Å²) in [6.07, 6.45) is 2.57. The quantitative estimate of drug-likeness (QED) is 0.690. The third kappa shape index (κ3) is 2.05. The first kappa shape index (κ1) is 9.49. The Kier molecular flexibility index (Phi) is 2.44. The number of carbonyl (C=O) groups is 2. The van der Waals surface area contributed by atoms with Crippen LogP contribution >= 0.6 is 0 Å². The van der Waals surface area contributed by atoms with Crippen molar-refractivity contribution in [1.82, 2.24) is 10.2 Å². The van der Waals surface area contributed by atoms with E-state index in [9.17, 15) is 9.59 Å². The van der Waals surface area contributed by atoms with Crippen molar-refractivity contribution in [1.29, 1.82) is 0 Å². The van der Waals surface area contributed by atoms with E-state index >= 15 is 0 Å². The number of nitrogens with one attached hydrogen (secondary N) is 1. The second kappa shape index (κ2) is 3.59. The van der Waals surface area contributed by atoms with Crippen molar-refractivity contribution in [2.24, 2.45) is 11.8 Å². The highest BCUT2D eigenvalue weighted by Crippen LogP contribution is 2.36. The molecule has 1 atom stereocenters. The van der Waals surface area contributed by atoms with Gasteiger partial charge in [0.15, 0.2) is 0 Å². The maximum absolute atomic E-state index is 11.4. The van der Waals surface area contributed by atoms with Crippen LogP contribution in [0.25, 0.3) is 0 Å². The van der Waals surface area contributed by atoms with Crippen LogP contribution in [-0.4, -0.2) is 36.3 Å². The number of hydrogen-bond donors (Lipinski definition) is 1. The van der Waals surface area contributed by atoms with Gasteiger partial charge in [0.2, 0.25) is 11.8 Å². The standard InChI is InChI=1S/C10H16N2O2/c1-7(8-2-3-8)5-12-6-9(13)11-4-10(12)14/h7-8H,2-6H2,1H3,(H,11,13). The van der Waals surface area contributed by atoms with Crippen molar-refractivity contribution in [2.45, 2.75) is 19.8 Å². The van der Waals surface area contributed by atoms with E-state index in [2.05, 4.69) is 12.2 Å². The Bertz CT molecular complexity index is 261. The maximum Gasteiger partial charge on any atom is 0.242 e. The van der Waals surface area contributed by atoms with Crippen LogP contribution in [0.4, 0.5) is 0 Å². The first-order chi connectivity index (χ1) is 6.66. The van der Waals surface area contributed by atoms with E-state index in [0.29, 0.717) is 5.92 Å². The SMILES string of the molecule is CC(CN1CC(=O)NCC1=O)C1CC1. The largest absolute Gasteiger partial charge is 0.345 e. The molecule has 1 saturated carbocycles. The predicted molar refractivity (Wildman–Crippen MR) is 51.5 cm³/mol. The highest BCUT2D eigenvalue weighted by atomic mass is 16.2. The van der Waals surface area contributed by atoms with Crippen molar-refractivity contribution in [3.05, 3.63) is 0 Å². The average Bonchev–Trinajstić information content (AvgIpc) is 2.94. The summed E-state index contributed by atoms with van der Waals surface area (Å²) in [6, 6.07) is 0. The highest BCUT2D eigenvalue weighted by Gasteiger charge is 2.32. The molecule has 1 aliphatic heterocycles. The normalized spacial score (nSPS) is 24.8. The molecule has 14 heavy (non-hydrogen) atoms. The summed E-state index contributed by atoms with van der Waals surface area (Å²) < 4.78 is 0. The topological polar surface area (TPSA) is 49.4 Å². The predicted octanol–water partition coefficient (Wildman–Crippen LogP) is -0.00910. The smallest absolute Gasteiger partial charge is 0.242 e. The molecule has 0 bridgehead atoms. The molecule has 1 unspecified atom stereocenters. The Morgan fingerprint density at radius 1 is 1.50 bits per heavy atom. The zero-order chi connectivity index (χ0) is 10.1. The molecular formula is C10H16N2O2. The third-order valence-corrected chi connectivity index (χ3v) is 3.06. The fraction of sp³-hybridized carbons (Fsp3) is 0.800. The van der Waals surface area contributed by atoms with Gasteiger partial charge in [0.05, 0.1) is 13.1 Å². The van der Waals surface area contributed by atoms with Crippen molar-refractivity contribution >= 4 is 11.8 Å². The molecule has 4 heteroatoms. The van der Waals surface area contributed by atoms with Gasteiger partial charge < -0.3 is 10.2 Å². The molecule has 1 aliphatic carbocycles. The molecule has 1 heterocycles. The Hall–Kier alpha value is -1.06. The van der Waals surface area contributed by atoms with Gasteiger partial charge in [-0.15, -0.1) is 0 Å². The van der Waals surface area contributed by atoms with Gasteiger partial charge in [0.25, 0.3) is 0 Å². The minimum atomic E-state index is -0.0346. The van der Waals surface area contributed by atoms with Crippen LogP contribution in [0.1, 0.15) is 19.8 Å². The van der Waals surface area contributed by atoms with Crippen LogP contribution in [0, 0.1) is 11.8 Å². The molecule has 1 saturated heterocycles. The fourth-order valence-electron chi connectivity index (χ4n) is 1.93. The van der Waals surface area contributed by atoms with Crippen LogP contribution in [0.15, 0.2) is 0 Å². The maximum atomic E-state index is 11.4. The number of piperazine rings is 1. The summed E-state index contributed by atoms with van der Waals surface area (Å²) in [7, 11) is 0. The monoisotopic (exact) mass is 196 g/mol. The number of amides is 2. The second-order valence-electron chi connectivity index (χ2n) is 4.37. The highest BCUT2D eigenvalue weighted by molar-refractivity contribution is 5.92. The van der Waals surface area contributed by atoms with Gasteiger partial charge in [-0.05, 0) is 24.7 Å². The van der Waals surface area contributed by atoms with Crippen LogP contribution in [0.2, 0.25) is 0 Å². The lowest BCUT2D eigenvalue weighted by Gasteiger charge is -2.29. The minimum Gasteiger partial charge on any atom is -0.345 e. The first-order valence-corrected chi connectivity index (χ1v) is 5.21. The molecule has 2 rings (SSSR count). The van der Waals surface area contributed by atoms with E-state index < -0.39 is 0 Å². The molecular weight excluding hydrogens is 180 g/mol. The van der Waals surface area contributed by atoms with Gasteiger partial charge in [-0.25, -0.2) is 0 Å². The van der Waals surface area contributed by atoms with Gasteiger partial charge >= 0.3 is 0 Å². The summed E-state index contributed by atoms with van der Waals surface area (Å²) >= 11 is 0. The van der Waals surface area contributed by atoms with Gasteiger partial charge in [0, 0.05) is 6.54 Å². The van der Waals surface area contributed by atoms with E-state index in [1.54, 1.807) is 4.90 Å². The van der Waals surface area contributed by atoms with Crippen molar-refractivity contribution < 1.29 is 9.59 Å². The van der Waals surface area contributed by atoms with E-state index in [1.165, 1.54) is 12.8 Å². The van der Waals surface area contributed by atoms with Crippen molar-refractivity contribution in [3.63, 3.8) is 0 Å². The Labute approximate surface area is 83.6 Å². The lowest BCUT2D eigenvalue weighted by atomic mass is 10.1. The number of nitrogens with zero attached hydrogens (tertiary/aromatic N) is 1. The van der Waals surface area contributed by atoms with Crippen LogP contribution in [-0.2, 0) is 9.59 Å². The van der Waals surface area contributed by atoms with Gasteiger partial charge in [0.1, 0.15) is 0 Å². The minimum absolute atomic E-state index is 0.0346. The molecule has 1 N–H and O–H groups in total. The van der Waals surface area contributed by atoms with E-state index in [0.717, 1.165) is 12.5 Å². The number of hydrogen-bond acceptors (Lipinski definition) is 2. The molecule has 0 aromatic heterocycles. The zero-order valence-electron chi connectivity index (χ0n) is 8.45. The van der Waals surface area contributed by atoms with E-state index in [4.69, 9.17) is 0 Å². The van der Waals surface area contributed by atoms with Gasteiger partial charge in [-0.3, -0.25) is 9.59 Å².